The first kappa shape index (κ1) is 35.0. The van der Waals surface area contributed by atoms with Gasteiger partial charge in [-0.05, 0) is 127 Å². The van der Waals surface area contributed by atoms with Crippen molar-refractivity contribution < 1.29 is 0 Å². The van der Waals surface area contributed by atoms with Crippen LogP contribution in [0.1, 0.15) is 5.56 Å². The van der Waals surface area contributed by atoms with Crippen molar-refractivity contribution in [3.8, 4) is 27.9 Å². The van der Waals surface area contributed by atoms with E-state index in [1.807, 2.05) is 0 Å². The molecule has 286 valence electrons. The molecular weight excluding hydrogens is 737 g/mol. The fourth-order valence-electron chi connectivity index (χ4n) is 9.81. The molecule has 0 amide bonds. The second-order valence-electron chi connectivity index (χ2n) is 16.2. The lowest BCUT2D eigenvalue weighted by Gasteiger charge is -2.27. The molecule has 2 heteroatoms. The molecule has 11 aromatic carbocycles. The van der Waals surface area contributed by atoms with Crippen molar-refractivity contribution in [3.05, 3.63) is 230 Å². The highest BCUT2D eigenvalue weighted by Gasteiger charge is 2.19. The third kappa shape index (κ3) is 5.72. The molecule has 0 spiro atoms. The van der Waals surface area contributed by atoms with E-state index in [9.17, 15) is 0 Å². The monoisotopic (exact) mass is 776 g/mol. The highest BCUT2D eigenvalue weighted by Crippen LogP contribution is 2.43. The van der Waals surface area contributed by atoms with Gasteiger partial charge >= 0.3 is 0 Å². The molecule has 2 nitrogen and oxygen atoms in total. The van der Waals surface area contributed by atoms with E-state index in [4.69, 9.17) is 0 Å². The Morgan fingerprint density at radius 1 is 0.311 bits per heavy atom. The first-order valence-electron chi connectivity index (χ1n) is 21.1. The smallest absolute Gasteiger partial charge is 0.0543 e. The summed E-state index contributed by atoms with van der Waals surface area (Å²) in [6.45, 7) is 2.18. The summed E-state index contributed by atoms with van der Waals surface area (Å²) in [6, 6.07) is 82.4. The molecule has 12 rings (SSSR count). The molecule has 0 aliphatic carbocycles. The zero-order chi connectivity index (χ0) is 40.4. The van der Waals surface area contributed by atoms with Crippen LogP contribution in [-0.2, 0) is 0 Å². The predicted molar refractivity (Wildman–Crippen MR) is 261 cm³/mol. The van der Waals surface area contributed by atoms with Gasteiger partial charge in [0.05, 0.1) is 16.7 Å². The van der Waals surface area contributed by atoms with Crippen LogP contribution in [-0.4, -0.2) is 4.57 Å². The number of aryl methyl sites for hydroxylation is 1. The Morgan fingerprint density at radius 3 is 1.64 bits per heavy atom. The normalized spacial score (nSPS) is 11.7. The van der Waals surface area contributed by atoms with E-state index in [2.05, 4.69) is 241 Å². The van der Waals surface area contributed by atoms with Gasteiger partial charge in [0.2, 0.25) is 0 Å². The molecule has 0 unspecified atom stereocenters. The molecule has 0 saturated heterocycles. The number of benzene rings is 11. The largest absolute Gasteiger partial charge is 0.310 e. The third-order valence-electron chi connectivity index (χ3n) is 12.6. The Bertz CT molecular complexity index is 3630. The lowest BCUT2D eigenvalue weighted by molar-refractivity contribution is 1.18. The molecule has 61 heavy (non-hydrogen) atoms. The van der Waals surface area contributed by atoms with Gasteiger partial charge in [-0.25, -0.2) is 0 Å². The van der Waals surface area contributed by atoms with E-state index in [1.54, 1.807) is 0 Å². The Hall–Kier alpha value is -7.94. The first-order chi connectivity index (χ1) is 30.2. The Kier molecular flexibility index (Phi) is 8.11. The third-order valence-corrected chi connectivity index (χ3v) is 12.6. The van der Waals surface area contributed by atoms with Crippen molar-refractivity contribution in [3.63, 3.8) is 0 Å². The maximum absolute atomic E-state index is 2.44. The van der Waals surface area contributed by atoms with E-state index >= 15 is 0 Å². The van der Waals surface area contributed by atoms with Gasteiger partial charge in [0, 0.05) is 33.4 Å². The van der Waals surface area contributed by atoms with Crippen LogP contribution in [0.5, 0.6) is 0 Å². The number of hydrogen-bond acceptors (Lipinski definition) is 1. The van der Waals surface area contributed by atoms with Gasteiger partial charge in [0.15, 0.2) is 0 Å². The van der Waals surface area contributed by atoms with E-state index in [0.717, 1.165) is 17.1 Å². The van der Waals surface area contributed by atoms with Crippen molar-refractivity contribution in [2.75, 3.05) is 4.90 Å². The zero-order valence-corrected chi connectivity index (χ0v) is 33.8. The van der Waals surface area contributed by atoms with Crippen LogP contribution >= 0.6 is 0 Å². The fraction of sp³-hybridized carbons (Fsp3) is 0.0169. The number of hydrogen-bond donors (Lipinski definition) is 0. The van der Waals surface area contributed by atoms with Crippen molar-refractivity contribution in [1.82, 2.24) is 4.57 Å². The zero-order valence-electron chi connectivity index (χ0n) is 33.8. The Labute approximate surface area is 354 Å². The van der Waals surface area contributed by atoms with Crippen LogP contribution in [0.2, 0.25) is 0 Å². The second-order valence-corrected chi connectivity index (χ2v) is 16.2. The summed E-state index contributed by atoms with van der Waals surface area (Å²) < 4.78 is 2.44. The van der Waals surface area contributed by atoms with Crippen LogP contribution in [0.4, 0.5) is 17.1 Å². The maximum atomic E-state index is 2.44. The molecule has 0 N–H and O–H groups in total. The van der Waals surface area contributed by atoms with E-state index < -0.39 is 0 Å². The number of aromatic nitrogens is 1. The predicted octanol–water partition coefficient (Wildman–Crippen LogP) is 16.5. The van der Waals surface area contributed by atoms with Gasteiger partial charge < -0.3 is 9.47 Å². The molecule has 0 aliphatic heterocycles. The highest BCUT2D eigenvalue weighted by molar-refractivity contribution is 6.26. The molecule has 1 aromatic heterocycles. The van der Waals surface area contributed by atoms with Gasteiger partial charge in [-0.15, -0.1) is 0 Å². The van der Waals surface area contributed by atoms with Gasteiger partial charge in [0.1, 0.15) is 0 Å². The number of fused-ring (bicyclic) bond motifs is 10. The van der Waals surface area contributed by atoms with Crippen LogP contribution in [0.25, 0.3) is 92.8 Å². The molecular formula is C59H40N2. The fourth-order valence-corrected chi connectivity index (χ4v) is 9.81. The summed E-state index contributed by atoms with van der Waals surface area (Å²) in [5.41, 5.74) is 12.9. The minimum atomic E-state index is 1.09. The molecule has 0 radical (unpaired) electrons. The van der Waals surface area contributed by atoms with Crippen LogP contribution in [0.15, 0.2) is 224 Å². The topological polar surface area (TPSA) is 8.17 Å². The lowest BCUT2D eigenvalue weighted by Crippen LogP contribution is -2.10. The average Bonchev–Trinajstić information content (AvgIpc) is 3.65. The summed E-state index contributed by atoms with van der Waals surface area (Å²) in [7, 11) is 0. The van der Waals surface area contributed by atoms with Crippen LogP contribution < -0.4 is 4.90 Å². The standard InChI is InChI=1S/C59H40N2/c1-39-28-34-55-54-24-9-11-27-58(54)61(59(55)36-39)57-26-10-8-19-48(57)41-29-31-43(32-30-41)60(44-17-12-16-42(37-44)47-25-13-15-40-14-2-3-18-46(40)47)45-33-35-53-51-22-5-4-20-49(51)50-21-6-7-23-52(50)56(53)38-45/h2-38H,1H3. The minimum absolute atomic E-state index is 1.09. The van der Waals surface area contributed by atoms with Crippen molar-refractivity contribution in [1.29, 1.82) is 0 Å². The number of para-hydroxylation sites is 2. The quantitative estimate of drug-likeness (QED) is 0.153. The first-order valence-corrected chi connectivity index (χ1v) is 21.1. The molecule has 1 heterocycles. The number of rotatable bonds is 6. The summed E-state index contributed by atoms with van der Waals surface area (Å²) in [5.74, 6) is 0. The van der Waals surface area contributed by atoms with Gasteiger partial charge in [0.25, 0.3) is 0 Å². The second kappa shape index (κ2) is 14.1. The minimum Gasteiger partial charge on any atom is -0.310 e. The highest BCUT2D eigenvalue weighted by atomic mass is 15.1. The van der Waals surface area contributed by atoms with Crippen molar-refractivity contribution >= 4 is 82.0 Å². The maximum Gasteiger partial charge on any atom is 0.0543 e. The van der Waals surface area contributed by atoms with Gasteiger partial charge in [-0.2, -0.15) is 0 Å². The summed E-state index contributed by atoms with van der Waals surface area (Å²) >= 11 is 0. The van der Waals surface area contributed by atoms with E-state index in [1.165, 1.54) is 98.4 Å². The van der Waals surface area contributed by atoms with Crippen molar-refractivity contribution in [2.24, 2.45) is 0 Å². The van der Waals surface area contributed by atoms with Crippen LogP contribution in [0.3, 0.4) is 0 Å². The van der Waals surface area contributed by atoms with Gasteiger partial charge in [-0.3, -0.25) is 0 Å². The Morgan fingerprint density at radius 2 is 0.852 bits per heavy atom. The molecule has 0 aliphatic rings. The SMILES string of the molecule is Cc1ccc2c3ccccc3n(-c3ccccc3-c3ccc(N(c4cccc(-c5cccc6ccccc56)c4)c4ccc5c6ccccc6c6ccccc6c5c4)cc3)c2c1. The Balaban J connectivity index is 1.04. The lowest BCUT2D eigenvalue weighted by atomic mass is 9.93. The van der Waals surface area contributed by atoms with E-state index in [-0.39, 0.29) is 0 Å². The number of nitrogens with zero attached hydrogens (tertiary/aromatic N) is 2. The van der Waals surface area contributed by atoms with Gasteiger partial charge in [-0.1, -0.05) is 170 Å². The summed E-state index contributed by atoms with van der Waals surface area (Å²) in [5, 5.41) is 12.6. The molecule has 0 saturated carbocycles. The van der Waals surface area contributed by atoms with E-state index in [0.29, 0.717) is 0 Å². The molecule has 0 atom stereocenters. The van der Waals surface area contributed by atoms with Crippen molar-refractivity contribution in [2.45, 2.75) is 6.92 Å². The molecule has 12 aromatic rings. The summed E-state index contributed by atoms with van der Waals surface area (Å²) in [4.78, 5) is 2.42. The summed E-state index contributed by atoms with van der Waals surface area (Å²) in [6.07, 6.45) is 0. The molecule has 0 bridgehead atoms. The molecule has 0 fully saturated rings. The number of anilines is 3. The average molecular weight is 777 g/mol. The van der Waals surface area contributed by atoms with Crippen LogP contribution in [0, 0.1) is 6.92 Å².